The van der Waals surface area contributed by atoms with E-state index >= 15 is 0 Å². The number of nitro benzene ring substituents is 1. The van der Waals surface area contributed by atoms with Crippen molar-refractivity contribution in [1.82, 2.24) is 9.88 Å². The molecule has 1 aromatic heterocycles. The Kier molecular flexibility index (Phi) is 3.23. The number of non-ortho nitro benzene ring substituents is 1. The zero-order chi connectivity index (χ0) is 14.1. The minimum Gasteiger partial charge on any atom is -0.368 e. The summed E-state index contributed by atoms with van der Waals surface area (Å²) >= 11 is 0. The first-order chi connectivity index (χ1) is 9.66. The van der Waals surface area contributed by atoms with Crippen molar-refractivity contribution in [1.29, 1.82) is 0 Å². The fourth-order valence-corrected chi connectivity index (χ4v) is 2.64. The molecule has 0 amide bonds. The standard InChI is InChI=1S/C14H16N4O2/c1-16-6-8-17(9-7-16)13-2-3-14(18(19)20)12-10-15-5-4-11(12)13/h2-5,10H,6-9H2,1H3. The van der Waals surface area contributed by atoms with Gasteiger partial charge in [-0.25, -0.2) is 0 Å². The summed E-state index contributed by atoms with van der Waals surface area (Å²) in [5.74, 6) is 0. The van der Waals surface area contributed by atoms with Gasteiger partial charge in [-0.1, -0.05) is 0 Å². The maximum atomic E-state index is 11.1. The van der Waals surface area contributed by atoms with Crippen LogP contribution in [0, 0.1) is 10.1 Å². The fraction of sp³-hybridized carbons (Fsp3) is 0.357. The van der Waals surface area contributed by atoms with Crippen molar-refractivity contribution in [3.05, 3.63) is 40.7 Å². The molecular weight excluding hydrogens is 256 g/mol. The zero-order valence-electron chi connectivity index (χ0n) is 11.3. The number of likely N-dealkylation sites (N-methyl/N-ethyl adjacent to an activating group) is 1. The van der Waals surface area contributed by atoms with E-state index in [-0.39, 0.29) is 10.6 Å². The van der Waals surface area contributed by atoms with Crippen LogP contribution in [-0.2, 0) is 0 Å². The van der Waals surface area contributed by atoms with E-state index < -0.39 is 0 Å². The van der Waals surface area contributed by atoms with Crippen LogP contribution in [0.1, 0.15) is 0 Å². The highest BCUT2D eigenvalue weighted by Crippen LogP contribution is 2.33. The molecule has 2 aromatic rings. The molecule has 3 rings (SSSR count). The number of hydrogen-bond donors (Lipinski definition) is 0. The number of nitrogens with zero attached hydrogens (tertiary/aromatic N) is 4. The molecule has 0 bridgehead atoms. The van der Waals surface area contributed by atoms with E-state index in [1.807, 2.05) is 12.1 Å². The van der Waals surface area contributed by atoms with Crippen LogP contribution in [0.15, 0.2) is 30.6 Å². The molecule has 0 saturated carbocycles. The van der Waals surface area contributed by atoms with Gasteiger partial charge in [0.2, 0.25) is 0 Å². The van der Waals surface area contributed by atoms with Crippen molar-refractivity contribution in [2.75, 3.05) is 38.1 Å². The van der Waals surface area contributed by atoms with Gasteiger partial charge < -0.3 is 9.80 Å². The van der Waals surface area contributed by atoms with Crippen molar-refractivity contribution in [3.8, 4) is 0 Å². The Bertz CT molecular complexity index is 651. The summed E-state index contributed by atoms with van der Waals surface area (Å²) in [5, 5.41) is 12.6. The zero-order valence-corrected chi connectivity index (χ0v) is 11.3. The highest BCUT2D eigenvalue weighted by Gasteiger charge is 2.20. The van der Waals surface area contributed by atoms with Gasteiger partial charge >= 0.3 is 0 Å². The van der Waals surface area contributed by atoms with E-state index in [9.17, 15) is 10.1 Å². The van der Waals surface area contributed by atoms with E-state index in [1.54, 1.807) is 18.5 Å². The second-order valence-electron chi connectivity index (χ2n) is 5.07. The molecular formula is C14H16N4O2. The third-order valence-corrected chi connectivity index (χ3v) is 3.81. The molecule has 0 N–H and O–H groups in total. The minimum absolute atomic E-state index is 0.117. The summed E-state index contributed by atoms with van der Waals surface area (Å²) in [6.07, 6.45) is 3.26. The average molecular weight is 272 g/mol. The van der Waals surface area contributed by atoms with Crippen LogP contribution in [0.4, 0.5) is 11.4 Å². The van der Waals surface area contributed by atoms with Gasteiger partial charge in [-0.05, 0) is 19.2 Å². The highest BCUT2D eigenvalue weighted by atomic mass is 16.6. The maximum Gasteiger partial charge on any atom is 0.278 e. The molecule has 0 unspecified atom stereocenters. The molecule has 1 fully saturated rings. The molecule has 104 valence electrons. The number of anilines is 1. The number of benzene rings is 1. The Hall–Kier alpha value is -2.21. The summed E-state index contributed by atoms with van der Waals surface area (Å²) in [6.45, 7) is 3.88. The molecule has 1 aliphatic rings. The van der Waals surface area contributed by atoms with Gasteiger partial charge in [0.15, 0.2) is 0 Å². The molecule has 6 heteroatoms. The average Bonchev–Trinajstić information content (AvgIpc) is 2.47. The SMILES string of the molecule is CN1CCN(c2ccc([N+](=O)[O-])c3cnccc23)CC1. The predicted molar refractivity (Wildman–Crippen MR) is 78.1 cm³/mol. The predicted octanol–water partition coefficient (Wildman–Crippen LogP) is 1.89. The topological polar surface area (TPSA) is 62.5 Å². The monoisotopic (exact) mass is 272 g/mol. The Morgan fingerprint density at radius 3 is 2.60 bits per heavy atom. The van der Waals surface area contributed by atoms with Crippen molar-refractivity contribution < 1.29 is 4.92 Å². The second kappa shape index (κ2) is 5.05. The summed E-state index contributed by atoms with van der Waals surface area (Å²) < 4.78 is 0. The summed E-state index contributed by atoms with van der Waals surface area (Å²) in [4.78, 5) is 19.3. The normalized spacial score (nSPS) is 16.6. The first-order valence-electron chi connectivity index (χ1n) is 6.61. The molecule has 0 radical (unpaired) electrons. The van der Waals surface area contributed by atoms with Crippen LogP contribution >= 0.6 is 0 Å². The summed E-state index contributed by atoms with van der Waals surface area (Å²) in [6, 6.07) is 5.29. The molecule has 0 spiro atoms. The third-order valence-electron chi connectivity index (χ3n) is 3.81. The van der Waals surface area contributed by atoms with Gasteiger partial charge in [0.25, 0.3) is 5.69 Å². The lowest BCUT2D eigenvalue weighted by Crippen LogP contribution is -2.44. The molecule has 1 aliphatic heterocycles. The first-order valence-corrected chi connectivity index (χ1v) is 6.61. The lowest BCUT2D eigenvalue weighted by atomic mass is 10.1. The number of hydrogen-bond acceptors (Lipinski definition) is 5. The van der Waals surface area contributed by atoms with Crippen LogP contribution < -0.4 is 4.90 Å². The summed E-state index contributed by atoms with van der Waals surface area (Å²) in [5.41, 5.74) is 1.17. The smallest absolute Gasteiger partial charge is 0.278 e. The third kappa shape index (κ3) is 2.18. The van der Waals surface area contributed by atoms with Gasteiger partial charge in [-0.15, -0.1) is 0 Å². The van der Waals surface area contributed by atoms with Gasteiger partial charge in [0.05, 0.1) is 10.3 Å². The van der Waals surface area contributed by atoms with Crippen LogP contribution in [0.2, 0.25) is 0 Å². The van der Waals surface area contributed by atoms with Crippen LogP contribution in [-0.4, -0.2) is 48.0 Å². The molecule has 2 heterocycles. The van der Waals surface area contributed by atoms with Gasteiger partial charge in [0, 0.05) is 55.7 Å². The van der Waals surface area contributed by atoms with Crippen LogP contribution in [0.5, 0.6) is 0 Å². The Labute approximate surface area is 116 Å². The quantitative estimate of drug-likeness (QED) is 0.617. The van der Waals surface area contributed by atoms with Crippen molar-refractivity contribution in [2.45, 2.75) is 0 Å². The Balaban J connectivity index is 2.08. The van der Waals surface area contributed by atoms with Gasteiger partial charge in [-0.2, -0.15) is 0 Å². The van der Waals surface area contributed by atoms with Crippen LogP contribution in [0.3, 0.4) is 0 Å². The molecule has 20 heavy (non-hydrogen) atoms. The lowest BCUT2D eigenvalue weighted by molar-refractivity contribution is -0.383. The number of nitro groups is 1. The fourth-order valence-electron chi connectivity index (χ4n) is 2.64. The number of piperazine rings is 1. The number of aromatic nitrogens is 1. The molecule has 1 saturated heterocycles. The maximum absolute atomic E-state index is 11.1. The van der Waals surface area contributed by atoms with Gasteiger partial charge in [-0.3, -0.25) is 15.1 Å². The van der Waals surface area contributed by atoms with E-state index in [0.717, 1.165) is 37.3 Å². The van der Waals surface area contributed by atoms with Crippen molar-refractivity contribution >= 4 is 22.1 Å². The second-order valence-corrected chi connectivity index (χ2v) is 5.07. The van der Waals surface area contributed by atoms with Crippen molar-refractivity contribution in [2.24, 2.45) is 0 Å². The van der Waals surface area contributed by atoms with Crippen LogP contribution in [0.25, 0.3) is 10.8 Å². The van der Waals surface area contributed by atoms with E-state index in [1.165, 1.54) is 0 Å². The number of fused-ring (bicyclic) bond motifs is 1. The molecule has 1 aromatic carbocycles. The molecule has 6 nitrogen and oxygen atoms in total. The van der Waals surface area contributed by atoms with Gasteiger partial charge in [0.1, 0.15) is 0 Å². The minimum atomic E-state index is -0.349. The first kappa shape index (κ1) is 12.8. The van der Waals surface area contributed by atoms with E-state index in [0.29, 0.717) is 5.39 Å². The molecule has 0 atom stereocenters. The Morgan fingerprint density at radius 2 is 1.90 bits per heavy atom. The van der Waals surface area contributed by atoms with E-state index in [2.05, 4.69) is 21.8 Å². The summed E-state index contributed by atoms with van der Waals surface area (Å²) in [7, 11) is 2.11. The highest BCUT2D eigenvalue weighted by molar-refractivity contribution is 5.99. The Morgan fingerprint density at radius 1 is 1.15 bits per heavy atom. The van der Waals surface area contributed by atoms with Crippen molar-refractivity contribution in [3.63, 3.8) is 0 Å². The molecule has 0 aliphatic carbocycles. The van der Waals surface area contributed by atoms with E-state index in [4.69, 9.17) is 0 Å². The number of rotatable bonds is 2. The largest absolute Gasteiger partial charge is 0.368 e. The number of pyridine rings is 1. The lowest BCUT2D eigenvalue weighted by Gasteiger charge is -2.34.